The molecule has 0 aliphatic carbocycles. The predicted octanol–water partition coefficient (Wildman–Crippen LogP) is -2.19. The van der Waals surface area contributed by atoms with Crippen LogP contribution >= 0.6 is 0 Å². The summed E-state index contributed by atoms with van der Waals surface area (Å²) in [5.41, 5.74) is -35.9. The molecule has 0 atom stereocenters. The summed E-state index contributed by atoms with van der Waals surface area (Å²) in [5, 5.41) is 0. The molecule has 418 valence electrons. The molecular formula is C44H10F16N4Na4O12S4. The third kappa shape index (κ3) is 12.0. The van der Waals surface area contributed by atoms with Crippen molar-refractivity contribution in [2.45, 2.75) is 19.6 Å². The summed E-state index contributed by atoms with van der Waals surface area (Å²) in [6, 6.07) is -3.52. The van der Waals surface area contributed by atoms with Gasteiger partial charge < -0.3 is 28.2 Å². The van der Waals surface area contributed by atoms with Gasteiger partial charge in [0.25, 0.3) is 0 Å². The molecule has 3 aromatic heterocycles. The van der Waals surface area contributed by atoms with Gasteiger partial charge in [-0.15, -0.1) is 0 Å². The minimum atomic E-state index is -5.99. The maximum atomic E-state index is 16.9. The van der Waals surface area contributed by atoms with Crippen LogP contribution in [0.1, 0.15) is 22.8 Å². The third-order valence-electron chi connectivity index (χ3n) is 11.6. The molecule has 4 aromatic carbocycles. The number of nitrogens with zero attached hydrogens (tertiary/aromatic N) is 2. The van der Waals surface area contributed by atoms with Gasteiger partial charge in [-0.05, 0) is 48.5 Å². The Hall–Kier alpha value is -4.00. The second kappa shape index (κ2) is 24.5. The molecule has 0 spiro atoms. The van der Waals surface area contributed by atoms with Crippen LogP contribution in [0.15, 0.2) is 68.1 Å². The van der Waals surface area contributed by atoms with Crippen molar-refractivity contribution in [1.29, 1.82) is 0 Å². The fourth-order valence-electron chi connectivity index (χ4n) is 8.28. The van der Waals surface area contributed by atoms with Crippen LogP contribution in [0.2, 0.25) is 0 Å². The molecule has 0 fully saturated rings. The predicted molar refractivity (Wildman–Crippen MR) is 232 cm³/mol. The van der Waals surface area contributed by atoms with Gasteiger partial charge in [0.05, 0.1) is 63.9 Å². The van der Waals surface area contributed by atoms with Crippen molar-refractivity contribution in [3.05, 3.63) is 141 Å². The number of nitrogens with one attached hydrogen (secondary N) is 2. The number of aromatic nitrogens is 4. The number of benzene rings is 4. The zero-order chi connectivity index (χ0) is 59.3. The fraction of sp³-hybridized carbons (Fsp3) is 0. The first-order valence-corrected chi connectivity index (χ1v) is 26.0. The van der Waals surface area contributed by atoms with Crippen molar-refractivity contribution in [2.24, 2.45) is 0 Å². The van der Waals surface area contributed by atoms with E-state index in [2.05, 4.69) is 9.97 Å². The first-order chi connectivity index (χ1) is 36.9. The topological polar surface area (TPSA) is 286 Å². The van der Waals surface area contributed by atoms with Gasteiger partial charge in [-0.2, -0.15) is 0 Å². The third-order valence-corrected chi connectivity index (χ3v) is 14.8. The maximum Gasteiger partial charge on any atom is 1.00 e. The van der Waals surface area contributed by atoms with Crippen molar-refractivity contribution >= 4 is 85.8 Å². The first kappa shape index (κ1) is 70.8. The van der Waals surface area contributed by atoms with E-state index < -0.39 is 291 Å². The molecule has 84 heavy (non-hydrogen) atoms. The SMILES string of the molecule is O=S(=O)([O-])c1cc(F)c(-c2c3nc(c(-c4c(F)cc(S(=O)(=O)[O-])cc4F)c4[nH]c(c(F)c4F)c(-c4c(F)cc(S(=O)(=O)[O-])cc4F)c4[nH]c(c(F)c4F)c(-c4c(F)cc(S(=O)(=O)[O-])cc4F)c4nc2C(F)=C4F)C(F)=C3F)c(F)c1.[Na+].[Na+].[Na+].[Na+]. The molecule has 2 aliphatic heterocycles. The largest absolute Gasteiger partial charge is 1.00 e. The number of fused-ring (bicyclic) bond motifs is 8. The molecule has 0 saturated carbocycles. The molecule has 7 aromatic rings. The first-order valence-electron chi connectivity index (χ1n) is 20.4. The van der Waals surface area contributed by atoms with Crippen LogP contribution in [0.5, 0.6) is 0 Å². The van der Waals surface area contributed by atoms with Gasteiger partial charge in [-0.25, -0.2) is 114 Å². The summed E-state index contributed by atoms with van der Waals surface area (Å²) in [4.78, 5) is 1.89. The average molecular weight is 1310 g/mol. The van der Waals surface area contributed by atoms with Crippen molar-refractivity contribution in [1.82, 2.24) is 19.9 Å². The minimum Gasteiger partial charge on any atom is -0.744 e. The van der Waals surface area contributed by atoms with Crippen LogP contribution in [-0.2, 0) is 40.5 Å². The Morgan fingerprint density at radius 3 is 0.643 bits per heavy atom. The second-order valence-electron chi connectivity index (χ2n) is 16.2. The van der Waals surface area contributed by atoms with Gasteiger partial charge in [-0.3, -0.25) is 0 Å². The van der Waals surface area contributed by atoms with Gasteiger partial charge in [0, 0.05) is 22.3 Å². The molecule has 9 rings (SSSR count). The van der Waals surface area contributed by atoms with E-state index in [-0.39, 0.29) is 118 Å². The maximum absolute atomic E-state index is 16.9. The zero-order valence-electron chi connectivity index (χ0n) is 41.1. The Balaban J connectivity index is 0.00000323. The van der Waals surface area contributed by atoms with Crippen molar-refractivity contribution in [3.8, 4) is 44.5 Å². The molecular weight excluding hydrogens is 1300 g/mol. The molecule has 2 aliphatic rings. The number of halogens is 16. The van der Waals surface area contributed by atoms with E-state index in [0.29, 0.717) is 0 Å². The monoisotopic (exact) mass is 1310 g/mol. The minimum absolute atomic E-state index is 0. The van der Waals surface area contributed by atoms with E-state index >= 15 is 70.2 Å². The standard InChI is InChI=1S/C44H14F16N4O12S4.4Na/c45-13-1-9(77(65,66)67)2-14(46)21(13)25-37-29(53)31(55)39(61-37)26(22-15(47)3-10(4-16(22)48)78(68,69)70)41-33(57)35(59)43(63-41)28(24-19(51)7-12(8-20(24)52)80(74,75)76)44-36(60)34(58)42(64-44)27(40-32(56)30(54)38(25)62-40)23-17(49)5-11(6-18(23)50)79(71,72)73;;;;/h1-8,61-62H,(H,65,66,67)(H,68,69,70)(H,71,72,73)(H,74,75,76);;;;/q;4*+1/p-4. The van der Waals surface area contributed by atoms with Gasteiger partial charge in [0.15, 0.2) is 46.6 Å². The molecule has 16 nitrogen and oxygen atoms in total. The van der Waals surface area contributed by atoms with Crippen molar-refractivity contribution in [2.75, 3.05) is 0 Å². The Morgan fingerprint density at radius 1 is 0.274 bits per heavy atom. The molecule has 40 heteroatoms. The van der Waals surface area contributed by atoms with E-state index in [0.717, 1.165) is 0 Å². The van der Waals surface area contributed by atoms with Crippen LogP contribution in [0.4, 0.5) is 70.2 Å². The van der Waals surface area contributed by atoms with E-state index in [1.165, 1.54) is 9.97 Å². The number of hydrogen-bond acceptors (Lipinski definition) is 14. The molecule has 0 amide bonds. The molecule has 0 saturated heterocycles. The summed E-state index contributed by atoms with van der Waals surface area (Å²) in [5.74, 6) is -43.2. The van der Waals surface area contributed by atoms with E-state index in [4.69, 9.17) is 0 Å². The van der Waals surface area contributed by atoms with Crippen LogP contribution in [-0.4, -0.2) is 71.8 Å². The number of rotatable bonds is 8. The zero-order valence-corrected chi connectivity index (χ0v) is 52.4. The number of H-pyrrole nitrogens is 2. The quantitative estimate of drug-likeness (QED) is 0.0930. The van der Waals surface area contributed by atoms with E-state index in [9.17, 15) is 51.9 Å². The van der Waals surface area contributed by atoms with Crippen LogP contribution in [0.3, 0.4) is 0 Å². The molecule has 5 heterocycles. The summed E-state index contributed by atoms with van der Waals surface area (Å²) >= 11 is 0. The normalized spacial score (nSPS) is 12.9. The van der Waals surface area contributed by atoms with Crippen molar-refractivity contribution in [3.63, 3.8) is 0 Å². The summed E-state index contributed by atoms with van der Waals surface area (Å²) in [6.07, 6.45) is 0. The van der Waals surface area contributed by atoms with Crippen LogP contribution in [0, 0.1) is 69.8 Å². The summed E-state index contributed by atoms with van der Waals surface area (Å²) < 4.78 is 407. The molecule has 0 unspecified atom stereocenters. The fourth-order valence-corrected chi connectivity index (χ4v) is 10.3. The van der Waals surface area contributed by atoms with E-state index in [1.807, 2.05) is 0 Å². The Labute approximate surface area is 545 Å². The molecule has 0 radical (unpaired) electrons. The summed E-state index contributed by atoms with van der Waals surface area (Å²) in [7, 11) is -23.9. The van der Waals surface area contributed by atoms with Crippen molar-refractivity contribution < 1.29 is 240 Å². The Morgan fingerprint density at radius 2 is 0.440 bits per heavy atom. The van der Waals surface area contributed by atoms with Gasteiger partial charge >= 0.3 is 118 Å². The average Bonchev–Trinajstić information content (AvgIpc) is 3.99. The smallest absolute Gasteiger partial charge is 0.744 e. The molecule has 8 bridgehead atoms. The molecule has 2 N–H and O–H groups in total. The Kier molecular flexibility index (Phi) is 20.7. The number of hydrogen-bond donors (Lipinski definition) is 2. The van der Waals surface area contributed by atoms with Crippen LogP contribution < -0.4 is 118 Å². The summed E-state index contributed by atoms with van der Waals surface area (Å²) in [6.45, 7) is 0. The van der Waals surface area contributed by atoms with E-state index in [1.54, 1.807) is 0 Å². The Bertz CT molecular complexity index is 4520. The van der Waals surface area contributed by atoms with Gasteiger partial charge in [0.1, 0.15) is 110 Å². The van der Waals surface area contributed by atoms with Crippen LogP contribution in [0.25, 0.3) is 89.9 Å². The van der Waals surface area contributed by atoms with Gasteiger partial charge in [0.2, 0.25) is 0 Å². The number of aromatic amines is 2. The second-order valence-corrected chi connectivity index (χ2v) is 21.8. The van der Waals surface area contributed by atoms with Gasteiger partial charge in [-0.1, -0.05) is 0 Å².